The average molecular weight is 289 g/mol. The molecule has 0 saturated carbocycles. The van der Waals surface area contributed by atoms with E-state index in [1.54, 1.807) is 0 Å². The predicted octanol–water partition coefficient (Wildman–Crippen LogP) is -2.86. The van der Waals surface area contributed by atoms with Crippen molar-refractivity contribution in [1.82, 2.24) is 5.32 Å². The molecule has 1 rings (SSSR count). The Balaban J connectivity index is 3.07. The molecule has 0 aromatic carbocycles. The molecular formula is C11H15NO8. The predicted molar refractivity (Wildman–Crippen MR) is 62.3 cm³/mol. The lowest BCUT2D eigenvalue weighted by Gasteiger charge is -2.34. The number of nitrogens with one attached hydrogen (secondary N) is 1. The van der Waals surface area contributed by atoms with Crippen LogP contribution in [0.2, 0.25) is 0 Å². The first-order valence-corrected chi connectivity index (χ1v) is 5.67. The van der Waals surface area contributed by atoms with E-state index >= 15 is 0 Å². The Morgan fingerprint density at radius 3 is 2.50 bits per heavy atom. The number of rotatable bonds is 5. The number of hydrogen-bond acceptors (Lipinski definition) is 7. The summed E-state index contributed by atoms with van der Waals surface area (Å²) in [7, 11) is 0. The van der Waals surface area contributed by atoms with Crippen LogP contribution in [0.1, 0.15) is 6.92 Å². The monoisotopic (exact) mass is 289 g/mol. The largest absolute Gasteiger partial charge is 0.478 e. The summed E-state index contributed by atoms with van der Waals surface area (Å²) in [5.74, 6) is -3.64. The van der Waals surface area contributed by atoms with Crippen LogP contribution in [0.15, 0.2) is 11.8 Å². The SMILES string of the molecule is CC(=O)N[C@@H]1C(=O)C=C(C(=O)O)O[C@H]1[C@H](O)[C@H](O)CO. The summed E-state index contributed by atoms with van der Waals surface area (Å²) in [6, 6.07) is -1.35. The normalized spacial score (nSPS) is 25.2. The minimum atomic E-state index is -1.76. The fourth-order valence-electron chi connectivity index (χ4n) is 1.71. The van der Waals surface area contributed by atoms with Gasteiger partial charge in [0.1, 0.15) is 18.2 Å². The van der Waals surface area contributed by atoms with Crippen molar-refractivity contribution >= 4 is 17.7 Å². The van der Waals surface area contributed by atoms with Gasteiger partial charge in [0, 0.05) is 13.0 Å². The van der Waals surface area contributed by atoms with E-state index in [0.29, 0.717) is 6.08 Å². The first-order valence-electron chi connectivity index (χ1n) is 5.67. The lowest BCUT2D eigenvalue weighted by Crippen LogP contribution is -2.58. The number of aliphatic hydroxyl groups is 3. The highest BCUT2D eigenvalue weighted by atomic mass is 16.5. The molecule has 1 aliphatic rings. The maximum absolute atomic E-state index is 11.8. The van der Waals surface area contributed by atoms with Crippen LogP contribution in [0.5, 0.6) is 0 Å². The van der Waals surface area contributed by atoms with Crippen molar-refractivity contribution in [3.63, 3.8) is 0 Å². The summed E-state index contributed by atoms with van der Waals surface area (Å²) in [6.45, 7) is 0.295. The topological polar surface area (TPSA) is 153 Å². The van der Waals surface area contributed by atoms with Crippen molar-refractivity contribution in [2.75, 3.05) is 6.61 Å². The Kier molecular flexibility index (Phi) is 5.19. The van der Waals surface area contributed by atoms with Crippen LogP contribution in [-0.2, 0) is 19.1 Å². The van der Waals surface area contributed by atoms with Gasteiger partial charge >= 0.3 is 5.97 Å². The molecule has 0 aliphatic carbocycles. The molecule has 1 aliphatic heterocycles. The van der Waals surface area contributed by atoms with Gasteiger partial charge in [-0.1, -0.05) is 0 Å². The number of carboxylic acid groups (broad SMARTS) is 1. The number of carboxylic acids is 1. The molecule has 5 N–H and O–H groups in total. The summed E-state index contributed by atoms with van der Waals surface area (Å²) < 4.78 is 4.92. The molecule has 0 radical (unpaired) electrons. The van der Waals surface area contributed by atoms with Crippen molar-refractivity contribution in [3.05, 3.63) is 11.8 Å². The van der Waals surface area contributed by atoms with Crippen molar-refractivity contribution in [3.8, 4) is 0 Å². The van der Waals surface area contributed by atoms with Crippen LogP contribution in [0.25, 0.3) is 0 Å². The van der Waals surface area contributed by atoms with E-state index in [-0.39, 0.29) is 0 Å². The second-order valence-corrected chi connectivity index (χ2v) is 4.22. The van der Waals surface area contributed by atoms with Crippen LogP contribution < -0.4 is 5.32 Å². The van der Waals surface area contributed by atoms with Crippen molar-refractivity contribution in [2.45, 2.75) is 31.3 Å². The number of amides is 1. The molecule has 0 aromatic rings. The van der Waals surface area contributed by atoms with Crippen molar-refractivity contribution < 1.29 is 39.5 Å². The maximum Gasteiger partial charge on any atom is 0.371 e. The second kappa shape index (κ2) is 6.46. The lowest BCUT2D eigenvalue weighted by molar-refractivity contribution is -0.150. The van der Waals surface area contributed by atoms with Gasteiger partial charge in [-0.3, -0.25) is 9.59 Å². The van der Waals surface area contributed by atoms with Crippen molar-refractivity contribution in [2.24, 2.45) is 0 Å². The smallest absolute Gasteiger partial charge is 0.371 e. The lowest BCUT2D eigenvalue weighted by atomic mass is 9.95. The third-order valence-corrected chi connectivity index (χ3v) is 2.66. The minimum Gasteiger partial charge on any atom is -0.478 e. The molecule has 0 spiro atoms. The quantitative estimate of drug-likeness (QED) is 0.362. The molecule has 4 atom stereocenters. The molecule has 112 valence electrons. The van der Waals surface area contributed by atoms with E-state index < -0.39 is 54.4 Å². The number of carbonyl (C=O) groups excluding carboxylic acids is 2. The average Bonchev–Trinajstić information content (AvgIpc) is 2.38. The minimum absolute atomic E-state index is 0.602. The summed E-state index contributed by atoms with van der Waals surface area (Å²) in [4.78, 5) is 33.6. The molecule has 0 bridgehead atoms. The van der Waals surface area contributed by atoms with Crippen LogP contribution in [0.4, 0.5) is 0 Å². The van der Waals surface area contributed by atoms with Gasteiger partial charge in [-0.2, -0.15) is 0 Å². The fourth-order valence-corrected chi connectivity index (χ4v) is 1.71. The van der Waals surface area contributed by atoms with Gasteiger partial charge in [-0.15, -0.1) is 0 Å². The number of aliphatic carboxylic acids is 1. The Morgan fingerprint density at radius 1 is 1.45 bits per heavy atom. The maximum atomic E-state index is 11.8. The molecule has 0 aromatic heterocycles. The number of aliphatic hydroxyl groups excluding tert-OH is 3. The second-order valence-electron chi connectivity index (χ2n) is 4.22. The zero-order valence-electron chi connectivity index (χ0n) is 10.5. The summed E-state index contributed by atoms with van der Waals surface area (Å²) in [6.07, 6.45) is -4.26. The molecule has 20 heavy (non-hydrogen) atoms. The van der Waals surface area contributed by atoms with E-state index in [1.807, 2.05) is 0 Å². The number of hydrogen-bond donors (Lipinski definition) is 5. The Labute approximate surface area is 113 Å². The Morgan fingerprint density at radius 2 is 2.05 bits per heavy atom. The van der Waals surface area contributed by atoms with E-state index in [1.165, 1.54) is 0 Å². The molecular weight excluding hydrogens is 274 g/mol. The first kappa shape index (κ1) is 16.1. The zero-order valence-corrected chi connectivity index (χ0v) is 10.5. The summed E-state index contributed by atoms with van der Waals surface area (Å²) in [5, 5.41) is 38.9. The number of ether oxygens (including phenoxy) is 1. The summed E-state index contributed by atoms with van der Waals surface area (Å²) in [5.41, 5.74) is 0. The van der Waals surface area contributed by atoms with E-state index in [0.717, 1.165) is 6.92 Å². The Bertz CT molecular complexity index is 446. The van der Waals surface area contributed by atoms with Crippen LogP contribution >= 0.6 is 0 Å². The number of carbonyl (C=O) groups is 3. The number of ketones is 1. The van der Waals surface area contributed by atoms with Gasteiger partial charge in [-0.25, -0.2) is 4.79 Å². The van der Waals surface area contributed by atoms with Gasteiger partial charge in [0.2, 0.25) is 11.7 Å². The van der Waals surface area contributed by atoms with Crippen LogP contribution in [0, 0.1) is 0 Å². The molecule has 1 heterocycles. The molecule has 9 heteroatoms. The highest BCUT2D eigenvalue weighted by molar-refractivity contribution is 6.03. The molecule has 0 saturated heterocycles. The van der Waals surface area contributed by atoms with Crippen molar-refractivity contribution in [1.29, 1.82) is 0 Å². The standard InChI is InChI=1S/C11H15NO8/c1-4(14)12-8-5(15)2-7(11(18)19)20-10(8)9(17)6(16)3-13/h2,6,8-10,13,16-17H,3H2,1H3,(H,12,14)(H,18,19)/t6-,8-,9-,10-/m1/s1. The zero-order chi connectivity index (χ0) is 15.4. The first-order chi connectivity index (χ1) is 9.27. The third kappa shape index (κ3) is 3.53. The van der Waals surface area contributed by atoms with Gasteiger partial charge in [0.25, 0.3) is 0 Å². The summed E-state index contributed by atoms with van der Waals surface area (Å²) >= 11 is 0. The van der Waals surface area contributed by atoms with Gasteiger partial charge in [0.15, 0.2) is 11.9 Å². The molecule has 1 amide bonds. The third-order valence-electron chi connectivity index (χ3n) is 2.66. The molecule has 0 unspecified atom stereocenters. The molecule has 9 nitrogen and oxygen atoms in total. The van der Waals surface area contributed by atoms with Gasteiger partial charge < -0.3 is 30.5 Å². The molecule has 0 fully saturated rings. The van der Waals surface area contributed by atoms with Gasteiger partial charge in [-0.05, 0) is 0 Å². The highest BCUT2D eigenvalue weighted by Gasteiger charge is 2.42. The van der Waals surface area contributed by atoms with E-state index in [4.69, 9.17) is 14.9 Å². The van der Waals surface area contributed by atoms with Gasteiger partial charge in [0.05, 0.1) is 6.61 Å². The fraction of sp³-hybridized carbons (Fsp3) is 0.545. The van der Waals surface area contributed by atoms with Crippen LogP contribution in [-0.4, -0.2) is 69.0 Å². The highest BCUT2D eigenvalue weighted by Crippen LogP contribution is 2.20. The Hall–Kier alpha value is -1.97. The van der Waals surface area contributed by atoms with E-state index in [2.05, 4.69) is 5.32 Å². The van der Waals surface area contributed by atoms with E-state index in [9.17, 15) is 24.6 Å². The van der Waals surface area contributed by atoms with Crippen LogP contribution in [0.3, 0.4) is 0 Å².